The van der Waals surface area contributed by atoms with Gasteiger partial charge in [-0.1, -0.05) is 0 Å². The highest BCUT2D eigenvalue weighted by atomic mass is 16.2. The summed E-state index contributed by atoms with van der Waals surface area (Å²) in [5.41, 5.74) is 5.90. The van der Waals surface area contributed by atoms with Crippen LogP contribution in [0.1, 0.15) is 28.8 Å². The molecule has 0 aliphatic carbocycles. The summed E-state index contributed by atoms with van der Waals surface area (Å²) in [6.07, 6.45) is 0.301. The van der Waals surface area contributed by atoms with E-state index in [4.69, 9.17) is 16.3 Å². The average Bonchev–Trinajstić information content (AvgIpc) is 2.43. The fourth-order valence-corrected chi connectivity index (χ4v) is 1.43. The van der Waals surface area contributed by atoms with Crippen LogP contribution >= 0.6 is 0 Å². The van der Waals surface area contributed by atoms with Crippen LogP contribution in [0.2, 0.25) is 0 Å². The second kappa shape index (κ2) is 6.77. The number of carbonyl (C=O) groups excluding carboxylic acids is 2. The molecule has 0 saturated heterocycles. The lowest BCUT2D eigenvalue weighted by Gasteiger charge is -2.13. The maximum absolute atomic E-state index is 11.8. The van der Waals surface area contributed by atoms with Crippen LogP contribution in [0.5, 0.6) is 0 Å². The molecule has 1 aromatic rings. The molecule has 0 fully saturated rings. The monoisotopic (exact) mass is 256 g/mol. The summed E-state index contributed by atoms with van der Waals surface area (Å²) in [4.78, 5) is 23.0. The molecule has 2 amide bonds. The molecule has 1 atom stereocenters. The van der Waals surface area contributed by atoms with E-state index in [0.29, 0.717) is 11.1 Å². The normalized spacial score (nSPS) is 10.8. The van der Waals surface area contributed by atoms with E-state index in [9.17, 15) is 9.59 Å². The molecule has 19 heavy (non-hydrogen) atoms. The number of primary amides is 1. The predicted molar refractivity (Wildman–Crippen MR) is 66.5 cm³/mol. The van der Waals surface area contributed by atoms with Gasteiger partial charge in [0.25, 0.3) is 5.91 Å². The minimum Gasteiger partial charge on any atom is -0.368 e. The van der Waals surface area contributed by atoms with Gasteiger partial charge in [0.2, 0.25) is 5.91 Å². The van der Waals surface area contributed by atoms with E-state index in [2.05, 4.69) is 5.32 Å². The summed E-state index contributed by atoms with van der Waals surface area (Å²) in [5.74, 6) is -1.15. The first-order valence-corrected chi connectivity index (χ1v) is 5.55. The maximum atomic E-state index is 11.8. The van der Waals surface area contributed by atoms with E-state index in [1.165, 1.54) is 24.3 Å². The second-order valence-electron chi connectivity index (χ2n) is 3.81. The van der Waals surface area contributed by atoms with Gasteiger partial charge in [-0.15, -0.1) is 0 Å². The molecule has 0 aliphatic heterocycles. The third kappa shape index (κ3) is 4.14. The number of nitrogens with zero attached hydrogens (tertiary/aromatic N) is 2. The van der Waals surface area contributed by atoms with Gasteiger partial charge in [0.15, 0.2) is 0 Å². The number of nitriles is 2. The van der Waals surface area contributed by atoms with Crippen molar-refractivity contribution in [3.05, 3.63) is 35.4 Å². The molecule has 0 aliphatic rings. The molecule has 1 rings (SSSR count). The van der Waals surface area contributed by atoms with Crippen LogP contribution in [0.15, 0.2) is 24.3 Å². The Balaban J connectivity index is 2.73. The SMILES string of the molecule is N#CCC[C@H](NC(=O)c1ccc(C#N)cc1)C(N)=O. The van der Waals surface area contributed by atoms with Gasteiger partial charge in [-0.05, 0) is 30.7 Å². The Kier molecular flexibility index (Phi) is 5.06. The predicted octanol–water partition coefficient (Wildman–Crippen LogP) is 0.446. The molecule has 6 nitrogen and oxygen atoms in total. The third-order valence-corrected chi connectivity index (χ3v) is 2.47. The van der Waals surface area contributed by atoms with Crippen molar-refractivity contribution in [3.63, 3.8) is 0 Å². The highest BCUT2D eigenvalue weighted by molar-refractivity contribution is 5.97. The molecule has 0 bridgehead atoms. The summed E-state index contributed by atoms with van der Waals surface area (Å²) in [6.45, 7) is 0. The highest BCUT2D eigenvalue weighted by Gasteiger charge is 2.18. The maximum Gasteiger partial charge on any atom is 0.251 e. The minimum absolute atomic E-state index is 0.126. The van der Waals surface area contributed by atoms with Gasteiger partial charge in [0, 0.05) is 12.0 Å². The largest absolute Gasteiger partial charge is 0.368 e. The van der Waals surface area contributed by atoms with E-state index in [1.54, 1.807) is 0 Å². The number of nitrogens with one attached hydrogen (secondary N) is 1. The molecule has 0 unspecified atom stereocenters. The molecule has 0 radical (unpaired) electrons. The van der Waals surface area contributed by atoms with Gasteiger partial charge in [0.05, 0.1) is 17.7 Å². The van der Waals surface area contributed by atoms with Crippen LogP contribution in [0.25, 0.3) is 0 Å². The molecule has 0 saturated carbocycles. The summed E-state index contributed by atoms with van der Waals surface area (Å²) in [7, 11) is 0. The smallest absolute Gasteiger partial charge is 0.251 e. The van der Waals surface area contributed by atoms with E-state index in [1.807, 2.05) is 12.1 Å². The number of nitrogens with two attached hydrogens (primary N) is 1. The Hall–Kier alpha value is -2.86. The van der Waals surface area contributed by atoms with Crippen molar-refractivity contribution in [1.82, 2.24) is 5.32 Å². The Morgan fingerprint density at radius 1 is 1.26 bits per heavy atom. The summed E-state index contributed by atoms with van der Waals surface area (Å²) >= 11 is 0. The van der Waals surface area contributed by atoms with Crippen molar-refractivity contribution in [2.24, 2.45) is 5.73 Å². The first kappa shape index (κ1) is 14.2. The van der Waals surface area contributed by atoms with Gasteiger partial charge in [0.1, 0.15) is 6.04 Å². The van der Waals surface area contributed by atoms with Crippen molar-refractivity contribution in [3.8, 4) is 12.1 Å². The number of amides is 2. The van der Waals surface area contributed by atoms with Crippen LogP contribution in [0, 0.1) is 22.7 Å². The van der Waals surface area contributed by atoms with Crippen molar-refractivity contribution in [2.45, 2.75) is 18.9 Å². The highest BCUT2D eigenvalue weighted by Crippen LogP contribution is 2.05. The Morgan fingerprint density at radius 3 is 2.37 bits per heavy atom. The molecular formula is C13H12N4O2. The quantitative estimate of drug-likeness (QED) is 0.794. The number of benzene rings is 1. The molecule has 0 aromatic heterocycles. The lowest BCUT2D eigenvalue weighted by Crippen LogP contribution is -2.44. The standard InChI is InChI=1S/C13H12N4O2/c14-7-1-2-11(12(16)18)17-13(19)10-5-3-9(8-15)4-6-10/h3-6,11H,1-2H2,(H2,16,18)(H,17,19)/t11-/m0/s1. The summed E-state index contributed by atoms with van der Waals surface area (Å²) in [6, 6.07) is 8.92. The van der Waals surface area contributed by atoms with Gasteiger partial charge < -0.3 is 11.1 Å². The van der Waals surface area contributed by atoms with Crippen molar-refractivity contribution in [2.75, 3.05) is 0 Å². The van der Waals surface area contributed by atoms with E-state index in [0.717, 1.165) is 0 Å². The minimum atomic E-state index is -0.872. The topological polar surface area (TPSA) is 120 Å². The van der Waals surface area contributed by atoms with E-state index >= 15 is 0 Å². The third-order valence-electron chi connectivity index (χ3n) is 2.47. The number of carbonyl (C=O) groups is 2. The molecule has 1 aromatic carbocycles. The molecule has 0 heterocycles. The van der Waals surface area contributed by atoms with Crippen LogP contribution in [-0.2, 0) is 4.79 Å². The lowest BCUT2D eigenvalue weighted by molar-refractivity contribution is -0.119. The summed E-state index contributed by atoms with van der Waals surface area (Å²) in [5, 5.41) is 19.6. The zero-order chi connectivity index (χ0) is 14.3. The van der Waals surface area contributed by atoms with Gasteiger partial charge >= 0.3 is 0 Å². The van der Waals surface area contributed by atoms with Gasteiger partial charge in [-0.2, -0.15) is 10.5 Å². The molecule has 96 valence electrons. The second-order valence-corrected chi connectivity index (χ2v) is 3.81. The fraction of sp³-hybridized carbons (Fsp3) is 0.231. The Bertz CT molecular complexity index is 551. The number of rotatable bonds is 5. The van der Waals surface area contributed by atoms with Crippen molar-refractivity contribution >= 4 is 11.8 Å². The fourth-order valence-electron chi connectivity index (χ4n) is 1.43. The Labute approximate surface area is 110 Å². The first-order valence-electron chi connectivity index (χ1n) is 5.55. The van der Waals surface area contributed by atoms with Crippen molar-refractivity contribution in [1.29, 1.82) is 10.5 Å². The zero-order valence-electron chi connectivity index (χ0n) is 10.1. The van der Waals surface area contributed by atoms with Gasteiger partial charge in [-0.3, -0.25) is 9.59 Å². The molecule has 0 spiro atoms. The number of hydrogen-bond acceptors (Lipinski definition) is 4. The van der Waals surface area contributed by atoms with E-state index < -0.39 is 17.9 Å². The lowest BCUT2D eigenvalue weighted by atomic mass is 10.1. The Morgan fingerprint density at radius 2 is 1.89 bits per heavy atom. The van der Waals surface area contributed by atoms with Crippen LogP contribution in [0.4, 0.5) is 0 Å². The van der Waals surface area contributed by atoms with Gasteiger partial charge in [-0.25, -0.2) is 0 Å². The van der Waals surface area contributed by atoms with Crippen LogP contribution < -0.4 is 11.1 Å². The van der Waals surface area contributed by atoms with E-state index in [-0.39, 0.29) is 12.8 Å². The molecule has 3 N–H and O–H groups in total. The average molecular weight is 256 g/mol. The van der Waals surface area contributed by atoms with Crippen molar-refractivity contribution < 1.29 is 9.59 Å². The zero-order valence-corrected chi connectivity index (χ0v) is 10.1. The van der Waals surface area contributed by atoms with Crippen LogP contribution in [-0.4, -0.2) is 17.9 Å². The first-order chi connectivity index (χ1) is 9.08. The molecular weight excluding hydrogens is 244 g/mol. The number of hydrogen-bond donors (Lipinski definition) is 2. The molecule has 6 heteroatoms. The summed E-state index contributed by atoms with van der Waals surface area (Å²) < 4.78 is 0. The van der Waals surface area contributed by atoms with Crippen LogP contribution in [0.3, 0.4) is 0 Å².